The van der Waals surface area contributed by atoms with E-state index in [9.17, 15) is 18.0 Å². The minimum Gasteiger partial charge on any atom is -0.354 e. The Morgan fingerprint density at radius 2 is 1.67 bits per heavy atom. The summed E-state index contributed by atoms with van der Waals surface area (Å²) in [6, 6.07) is 14.6. The van der Waals surface area contributed by atoms with E-state index in [1.165, 1.54) is 10.6 Å². The van der Waals surface area contributed by atoms with Crippen molar-refractivity contribution in [3.63, 3.8) is 0 Å². The van der Waals surface area contributed by atoms with E-state index in [4.69, 9.17) is 0 Å². The van der Waals surface area contributed by atoms with Crippen molar-refractivity contribution in [2.75, 3.05) is 23.7 Å². The van der Waals surface area contributed by atoms with Crippen LogP contribution in [0.5, 0.6) is 0 Å². The molecule has 0 heterocycles. The van der Waals surface area contributed by atoms with Gasteiger partial charge in [-0.1, -0.05) is 56.7 Å². The Kier molecular flexibility index (Phi) is 11.4. The van der Waals surface area contributed by atoms with Crippen LogP contribution in [-0.2, 0) is 26.2 Å². The van der Waals surface area contributed by atoms with Gasteiger partial charge in [0, 0.05) is 26.1 Å². The predicted molar refractivity (Wildman–Crippen MR) is 146 cm³/mol. The van der Waals surface area contributed by atoms with E-state index in [1.54, 1.807) is 11.0 Å². The molecule has 0 unspecified atom stereocenters. The minimum atomic E-state index is -3.52. The highest BCUT2D eigenvalue weighted by molar-refractivity contribution is 7.92. The molecule has 2 amide bonds. The third kappa shape index (κ3) is 8.66. The Morgan fingerprint density at radius 3 is 2.25 bits per heavy atom. The lowest BCUT2D eigenvalue weighted by Gasteiger charge is -2.31. The summed E-state index contributed by atoms with van der Waals surface area (Å²) < 4.78 is 26.4. The molecule has 0 fully saturated rings. The third-order valence-electron chi connectivity index (χ3n) is 6.34. The van der Waals surface area contributed by atoms with Crippen molar-refractivity contribution >= 4 is 27.5 Å². The van der Waals surface area contributed by atoms with Crippen LogP contribution in [0.25, 0.3) is 0 Å². The van der Waals surface area contributed by atoms with Crippen LogP contribution in [0.2, 0.25) is 0 Å². The van der Waals surface area contributed by atoms with Crippen LogP contribution >= 0.6 is 0 Å². The molecule has 1 N–H and O–H groups in total. The quantitative estimate of drug-likeness (QED) is 0.373. The van der Waals surface area contributed by atoms with Gasteiger partial charge in [0.25, 0.3) is 0 Å². The molecule has 198 valence electrons. The molecule has 36 heavy (non-hydrogen) atoms. The zero-order chi connectivity index (χ0) is 26.7. The largest absolute Gasteiger partial charge is 0.354 e. The molecule has 2 aromatic carbocycles. The normalized spacial score (nSPS) is 12.1. The number of rotatable bonds is 14. The Bertz CT molecular complexity index is 1100. The number of carbonyl (C=O) groups is 2. The lowest BCUT2D eigenvalue weighted by molar-refractivity contribution is -0.141. The molecule has 0 aliphatic rings. The standard InChI is InChI=1S/C28H41N3O4S/c1-6-8-18-29-28(33)26(7-2)30(21-24-13-10-9-11-14-24)27(32)15-12-19-31(36(5,34)35)25-17-16-22(3)23(4)20-25/h9-11,13-14,16-17,20,26H,6-8,12,15,18-19,21H2,1-5H3,(H,29,33)/t26-/m0/s1. The summed E-state index contributed by atoms with van der Waals surface area (Å²) in [5, 5.41) is 2.96. The number of carbonyl (C=O) groups excluding carboxylic acids is 2. The van der Waals surface area contributed by atoms with Gasteiger partial charge in [-0.15, -0.1) is 0 Å². The number of hydrogen-bond donors (Lipinski definition) is 1. The summed E-state index contributed by atoms with van der Waals surface area (Å²) in [6.07, 6.45) is 4.02. The van der Waals surface area contributed by atoms with E-state index in [0.717, 1.165) is 29.5 Å². The summed E-state index contributed by atoms with van der Waals surface area (Å²) in [7, 11) is -3.52. The van der Waals surface area contributed by atoms with Crippen LogP contribution in [-0.4, -0.2) is 50.5 Å². The zero-order valence-electron chi connectivity index (χ0n) is 22.3. The van der Waals surface area contributed by atoms with Crippen molar-refractivity contribution in [1.82, 2.24) is 10.2 Å². The van der Waals surface area contributed by atoms with Gasteiger partial charge in [0.05, 0.1) is 11.9 Å². The molecule has 2 aromatic rings. The number of unbranched alkanes of at least 4 members (excludes halogenated alkanes) is 1. The van der Waals surface area contributed by atoms with E-state index in [-0.39, 0.29) is 24.8 Å². The molecule has 0 aromatic heterocycles. The molecule has 0 spiro atoms. The van der Waals surface area contributed by atoms with Crippen molar-refractivity contribution in [3.8, 4) is 0 Å². The maximum atomic E-state index is 13.4. The van der Waals surface area contributed by atoms with Crippen molar-refractivity contribution in [3.05, 3.63) is 65.2 Å². The van der Waals surface area contributed by atoms with Gasteiger partial charge < -0.3 is 10.2 Å². The fraction of sp³-hybridized carbons (Fsp3) is 0.500. The topological polar surface area (TPSA) is 86.8 Å². The number of nitrogens with zero attached hydrogens (tertiary/aromatic N) is 2. The first-order valence-electron chi connectivity index (χ1n) is 12.7. The van der Waals surface area contributed by atoms with E-state index >= 15 is 0 Å². The van der Waals surface area contributed by atoms with Crippen LogP contribution in [0, 0.1) is 13.8 Å². The molecular formula is C28H41N3O4S. The van der Waals surface area contributed by atoms with E-state index < -0.39 is 16.1 Å². The molecule has 2 rings (SSSR count). The van der Waals surface area contributed by atoms with Crippen LogP contribution in [0.4, 0.5) is 5.69 Å². The first-order chi connectivity index (χ1) is 17.1. The molecule has 8 heteroatoms. The van der Waals surface area contributed by atoms with Gasteiger partial charge >= 0.3 is 0 Å². The third-order valence-corrected chi connectivity index (χ3v) is 7.54. The van der Waals surface area contributed by atoms with Crippen molar-refractivity contribution in [1.29, 1.82) is 0 Å². The Labute approximate surface area is 216 Å². The van der Waals surface area contributed by atoms with Crippen molar-refractivity contribution < 1.29 is 18.0 Å². The lowest BCUT2D eigenvalue weighted by Crippen LogP contribution is -2.49. The average molecular weight is 516 g/mol. The summed E-state index contributed by atoms with van der Waals surface area (Å²) >= 11 is 0. The zero-order valence-corrected chi connectivity index (χ0v) is 23.1. The molecule has 0 aliphatic heterocycles. The lowest BCUT2D eigenvalue weighted by atomic mass is 10.1. The minimum absolute atomic E-state index is 0.141. The SMILES string of the molecule is CCCCNC(=O)[C@H](CC)N(Cc1ccccc1)C(=O)CCCN(c1ccc(C)c(C)c1)S(C)(=O)=O. The van der Waals surface area contributed by atoms with Gasteiger partial charge in [-0.3, -0.25) is 13.9 Å². The van der Waals surface area contributed by atoms with Crippen LogP contribution < -0.4 is 9.62 Å². The number of nitrogens with one attached hydrogen (secondary N) is 1. The maximum Gasteiger partial charge on any atom is 0.242 e. The van der Waals surface area contributed by atoms with E-state index in [2.05, 4.69) is 12.2 Å². The summed E-state index contributed by atoms with van der Waals surface area (Å²) in [4.78, 5) is 28.0. The van der Waals surface area contributed by atoms with Gasteiger partial charge in [-0.2, -0.15) is 0 Å². The number of anilines is 1. The number of benzene rings is 2. The Balaban J connectivity index is 2.18. The molecular weight excluding hydrogens is 474 g/mol. The highest BCUT2D eigenvalue weighted by Gasteiger charge is 2.28. The Morgan fingerprint density at radius 1 is 0.972 bits per heavy atom. The van der Waals surface area contributed by atoms with Gasteiger partial charge in [0.2, 0.25) is 21.8 Å². The average Bonchev–Trinajstić information content (AvgIpc) is 2.83. The molecule has 1 atom stereocenters. The fourth-order valence-electron chi connectivity index (χ4n) is 4.09. The first kappa shape index (κ1) is 29.4. The maximum absolute atomic E-state index is 13.4. The second-order valence-electron chi connectivity index (χ2n) is 9.28. The van der Waals surface area contributed by atoms with Gasteiger partial charge in [-0.05, 0) is 61.9 Å². The second kappa shape index (κ2) is 14.0. The number of aryl methyl sites for hydroxylation is 2. The number of hydrogen-bond acceptors (Lipinski definition) is 4. The summed E-state index contributed by atoms with van der Waals surface area (Å²) in [5.41, 5.74) is 3.63. The van der Waals surface area contributed by atoms with E-state index in [0.29, 0.717) is 31.6 Å². The van der Waals surface area contributed by atoms with Gasteiger partial charge in [-0.25, -0.2) is 8.42 Å². The Hall–Kier alpha value is -2.87. The highest BCUT2D eigenvalue weighted by atomic mass is 32.2. The molecule has 0 radical (unpaired) electrons. The van der Waals surface area contributed by atoms with Gasteiger partial charge in [0.15, 0.2) is 0 Å². The van der Waals surface area contributed by atoms with Gasteiger partial charge in [0.1, 0.15) is 6.04 Å². The van der Waals surface area contributed by atoms with Crippen LogP contribution in [0.1, 0.15) is 62.6 Å². The first-order valence-corrected chi connectivity index (χ1v) is 14.6. The molecule has 0 aliphatic carbocycles. The fourth-order valence-corrected chi connectivity index (χ4v) is 5.05. The van der Waals surface area contributed by atoms with Crippen molar-refractivity contribution in [2.24, 2.45) is 0 Å². The highest BCUT2D eigenvalue weighted by Crippen LogP contribution is 2.22. The predicted octanol–water partition coefficient (Wildman–Crippen LogP) is 4.57. The van der Waals surface area contributed by atoms with E-state index in [1.807, 2.05) is 63.2 Å². The molecule has 0 bridgehead atoms. The smallest absolute Gasteiger partial charge is 0.242 e. The molecule has 7 nitrogen and oxygen atoms in total. The number of amides is 2. The summed E-state index contributed by atoms with van der Waals surface area (Å²) in [6.45, 7) is 8.98. The second-order valence-corrected chi connectivity index (χ2v) is 11.2. The van der Waals surface area contributed by atoms with Crippen molar-refractivity contribution in [2.45, 2.75) is 72.4 Å². The van der Waals surface area contributed by atoms with Crippen LogP contribution in [0.15, 0.2) is 48.5 Å². The summed E-state index contributed by atoms with van der Waals surface area (Å²) in [5.74, 6) is -0.312. The van der Waals surface area contributed by atoms with Crippen LogP contribution in [0.3, 0.4) is 0 Å². The molecule has 0 saturated heterocycles. The number of sulfonamides is 1. The monoisotopic (exact) mass is 515 g/mol. The molecule has 0 saturated carbocycles.